The average molecular weight is 280 g/mol. The molecule has 2 aliphatic rings. The van der Waals surface area contributed by atoms with Gasteiger partial charge in [-0.25, -0.2) is 4.98 Å². The smallest absolute Gasteiger partial charge is 0.185 e. The zero-order valence-corrected chi connectivity index (χ0v) is 12.6. The third-order valence-electron chi connectivity index (χ3n) is 4.48. The van der Waals surface area contributed by atoms with Crippen LogP contribution in [-0.4, -0.2) is 55.7 Å². The Balaban J connectivity index is 1.50. The second-order valence-electron chi connectivity index (χ2n) is 6.14. The molecule has 2 aliphatic heterocycles. The Morgan fingerprint density at radius 3 is 2.63 bits per heavy atom. The van der Waals surface area contributed by atoms with Crippen LogP contribution < -0.4 is 10.2 Å². The molecule has 0 aromatic carbocycles. The number of nitrogens with one attached hydrogen (secondary N) is 1. The van der Waals surface area contributed by atoms with Gasteiger partial charge >= 0.3 is 0 Å². The number of hydrogen-bond donors (Lipinski definition) is 1. The summed E-state index contributed by atoms with van der Waals surface area (Å²) in [7, 11) is 0. The fourth-order valence-electron chi connectivity index (χ4n) is 3.20. The summed E-state index contributed by atoms with van der Waals surface area (Å²) in [5.74, 6) is 0. The second kappa shape index (κ2) is 5.77. The van der Waals surface area contributed by atoms with E-state index in [0.717, 1.165) is 13.1 Å². The lowest BCUT2D eigenvalue weighted by Gasteiger charge is -2.42. The Bertz CT molecular complexity index is 378. The summed E-state index contributed by atoms with van der Waals surface area (Å²) in [6, 6.07) is 0. The number of piperidine rings is 1. The number of nitrogens with zero attached hydrogens (tertiary/aromatic N) is 3. The van der Waals surface area contributed by atoms with Crippen molar-refractivity contribution < 1.29 is 0 Å². The predicted molar refractivity (Wildman–Crippen MR) is 81.0 cm³/mol. The molecule has 1 aromatic rings. The molecule has 0 spiro atoms. The van der Waals surface area contributed by atoms with Crippen LogP contribution in [0.5, 0.6) is 0 Å². The van der Waals surface area contributed by atoms with Crippen molar-refractivity contribution in [3.8, 4) is 0 Å². The lowest BCUT2D eigenvalue weighted by Crippen LogP contribution is -2.51. The van der Waals surface area contributed by atoms with Gasteiger partial charge in [0.2, 0.25) is 0 Å². The Hall–Kier alpha value is -0.650. The first-order valence-electron chi connectivity index (χ1n) is 7.33. The SMILES string of the molecule is CC1(CN2CCN(c3nccs3)CC2)CCNCC1. The fraction of sp³-hybridized carbons (Fsp3) is 0.786. The molecule has 106 valence electrons. The van der Waals surface area contributed by atoms with Crippen LogP contribution in [0.3, 0.4) is 0 Å². The van der Waals surface area contributed by atoms with Gasteiger partial charge in [0.1, 0.15) is 0 Å². The van der Waals surface area contributed by atoms with Crippen LogP contribution in [0.4, 0.5) is 5.13 Å². The van der Waals surface area contributed by atoms with Crippen molar-refractivity contribution in [2.24, 2.45) is 5.41 Å². The first kappa shape index (κ1) is 13.3. The molecule has 1 N–H and O–H groups in total. The molecule has 5 heteroatoms. The summed E-state index contributed by atoms with van der Waals surface area (Å²) >= 11 is 1.75. The lowest BCUT2D eigenvalue weighted by atomic mass is 9.80. The van der Waals surface area contributed by atoms with Gasteiger partial charge in [-0.15, -0.1) is 11.3 Å². The monoisotopic (exact) mass is 280 g/mol. The number of anilines is 1. The molecule has 0 amide bonds. The summed E-state index contributed by atoms with van der Waals surface area (Å²) in [6.07, 6.45) is 4.54. The van der Waals surface area contributed by atoms with Crippen molar-refractivity contribution in [1.82, 2.24) is 15.2 Å². The first-order valence-corrected chi connectivity index (χ1v) is 8.21. The highest BCUT2D eigenvalue weighted by Gasteiger charge is 2.30. The van der Waals surface area contributed by atoms with Gasteiger partial charge in [-0.1, -0.05) is 6.92 Å². The fourth-order valence-corrected chi connectivity index (χ4v) is 3.89. The summed E-state index contributed by atoms with van der Waals surface area (Å²) in [5.41, 5.74) is 0.522. The van der Waals surface area contributed by atoms with Crippen molar-refractivity contribution >= 4 is 16.5 Å². The van der Waals surface area contributed by atoms with E-state index >= 15 is 0 Å². The highest BCUT2D eigenvalue weighted by atomic mass is 32.1. The number of aromatic nitrogens is 1. The molecule has 0 bridgehead atoms. The summed E-state index contributed by atoms with van der Waals surface area (Å²) in [4.78, 5) is 9.48. The van der Waals surface area contributed by atoms with E-state index in [1.807, 2.05) is 6.20 Å². The number of rotatable bonds is 3. The van der Waals surface area contributed by atoms with E-state index in [-0.39, 0.29) is 0 Å². The molecule has 3 rings (SSSR count). The van der Waals surface area contributed by atoms with Crippen molar-refractivity contribution in [3.63, 3.8) is 0 Å². The largest absolute Gasteiger partial charge is 0.346 e. The van der Waals surface area contributed by atoms with Gasteiger partial charge in [0.15, 0.2) is 5.13 Å². The molecule has 0 saturated carbocycles. The second-order valence-corrected chi connectivity index (χ2v) is 7.01. The Morgan fingerprint density at radius 1 is 1.26 bits per heavy atom. The van der Waals surface area contributed by atoms with Crippen LogP contribution in [0.15, 0.2) is 11.6 Å². The van der Waals surface area contributed by atoms with E-state index in [1.165, 1.54) is 50.7 Å². The van der Waals surface area contributed by atoms with Crippen molar-refractivity contribution in [2.45, 2.75) is 19.8 Å². The third-order valence-corrected chi connectivity index (χ3v) is 5.31. The van der Waals surface area contributed by atoms with Crippen LogP contribution in [0, 0.1) is 5.41 Å². The van der Waals surface area contributed by atoms with Gasteiger partial charge in [-0.3, -0.25) is 4.90 Å². The van der Waals surface area contributed by atoms with Crippen LogP contribution >= 0.6 is 11.3 Å². The minimum Gasteiger partial charge on any atom is -0.346 e. The van der Waals surface area contributed by atoms with Crippen molar-refractivity contribution in [1.29, 1.82) is 0 Å². The number of thiazole rings is 1. The van der Waals surface area contributed by atoms with Gasteiger partial charge in [0.05, 0.1) is 0 Å². The molecule has 4 nitrogen and oxygen atoms in total. The van der Waals surface area contributed by atoms with Crippen molar-refractivity contribution in [3.05, 3.63) is 11.6 Å². The number of piperazine rings is 1. The Labute approximate surface area is 119 Å². The molecule has 3 heterocycles. The van der Waals surface area contributed by atoms with Gasteiger partial charge in [-0.05, 0) is 31.3 Å². The molecular weight excluding hydrogens is 256 g/mol. The highest BCUT2D eigenvalue weighted by molar-refractivity contribution is 7.13. The van der Waals surface area contributed by atoms with Crippen LogP contribution in [0.1, 0.15) is 19.8 Å². The van der Waals surface area contributed by atoms with Gasteiger partial charge < -0.3 is 10.2 Å². The quantitative estimate of drug-likeness (QED) is 0.912. The molecule has 2 fully saturated rings. The van der Waals surface area contributed by atoms with E-state index < -0.39 is 0 Å². The minimum absolute atomic E-state index is 0.522. The van der Waals surface area contributed by atoms with Crippen LogP contribution in [0.2, 0.25) is 0 Å². The zero-order valence-electron chi connectivity index (χ0n) is 11.8. The van der Waals surface area contributed by atoms with Gasteiger partial charge in [0.25, 0.3) is 0 Å². The average Bonchev–Trinajstić information content (AvgIpc) is 2.94. The highest BCUT2D eigenvalue weighted by Crippen LogP contribution is 2.29. The topological polar surface area (TPSA) is 31.4 Å². The molecule has 1 aromatic heterocycles. The van der Waals surface area contributed by atoms with E-state index in [0.29, 0.717) is 5.41 Å². The molecule has 19 heavy (non-hydrogen) atoms. The number of hydrogen-bond acceptors (Lipinski definition) is 5. The normalized spacial score (nSPS) is 24.6. The van der Waals surface area contributed by atoms with Gasteiger partial charge in [0, 0.05) is 44.3 Å². The van der Waals surface area contributed by atoms with Gasteiger partial charge in [-0.2, -0.15) is 0 Å². The zero-order chi connectivity index (χ0) is 13.1. The molecule has 0 aliphatic carbocycles. The standard InChI is InChI=1S/C14H24N4S/c1-14(2-4-15-5-3-14)12-17-7-9-18(10-8-17)13-16-6-11-19-13/h6,11,15H,2-5,7-10,12H2,1H3. The summed E-state index contributed by atoms with van der Waals surface area (Å²) in [5, 5.41) is 6.72. The molecule has 0 atom stereocenters. The lowest BCUT2D eigenvalue weighted by molar-refractivity contribution is 0.123. The van der Waals surface area contributed by atoms with Crippen LogP contribution in [-0.2, 0) is 0 Å². The molecule has 0 radical (unpaired) electrons. The Morgan fingerprint density at radius 2 is 2.00 bits per heavy atom. The van der Waals surface area contributed by atoms with E-state index in [1.54, 1.807) is 11.3 Å². The van der Waals surface area contributed by atoms with E-state index in [4.69, 9.17) is 0 Å². The maximum absolute atomic E-state index is 4.41. The minimum atomic E-state index is 0.522. The molecule has 2 saturated heterocycles. The van der Waals surface area contributed by atoms with E-state index in [9.17, 15) is 0 Å². The van der Waals surface area contributed by atoms with E-state index in [2.05, 4.69) is 32.4 Å². The predicted octanol–water partition coefficient (Wildman–Crippen LogP) is 1.65. The maximum atomic E-state index is 4.41. The maximum Gasteiger partial charge on any atom is 0.185 e. The first-order chi connectivity index (χ1) is 9.25. The molecular formula is C14H24N4S. The third kappa shape index (κ3) is 3.27. The van der Waals surface area contributed by atoms with Crippen molar-refractivity contribution in [2.75, 3.05) is 50.7 Å². The summed E-state index contributed by atoms with van der Waals surface area (Å²) in [6.45, 7) is 10.7. The Kier molecular flexibility index (Phi) is 4.05. The summed E-state index contributed by atoms with van der Waals surface area (Å²) < 4.78 is 0. The van der Waals surface area contributed by atoms with Crippen LogP contribution in [0.25, 0.3) is 0 Å². The molecule has 0 unspecified atom stereocenters.